The molecule has 0 aliphatic carbocycles. The van der Waals surface area contributed by atoms with Crippen LogP contribution in [0.2, 0.25) is 0 Å². The Hall–Kier alpha value is -2.76. The highest BCUT2D eigenvalue weighted by atomic mass is 15.3. The second-order valence-corrected chi connectivity index (χ2v) is 4.37. The number of hydrogen-bond acceptors (Lipinski definition) is 5. The molecule has 1 atom stereocenters. The molecule has 0 saturated heterocycles. The topological polar surface area (TPSA) is 68.5 Å². The maximum absolute atomic E-state index is 4.16. The standard InChI is InChI=1S/C14H14N6/c1-11(19-14-16-7-2-8-17-14)12-3-5-13(6-4-12)20-10-15-9-18-20/h2-11H,1H3,(H,16,17,19). The maximum atomic E-state index is 4.16. The summed E-state index contributed by atoms with van der Waals surface area (Å²) in [6, 6.07) is 10.0. The van der Waals surface area contributed by atoms with Gasteiger partial charge in [-0.05, 0) is 30.7 Å². The normalized spacial score (nSPS) is 12.1. The Labute approximate surface area is 116 Å². The lowest BCUT2D eigenvalue weighted by Crippen LogP contribution is -2.09. The molecule has 0 aliphatic heterocycles. The predicted molar refractivity (Wildman–Crippen MR) is 75.4 cm³/mol. The van der Waals surface area contributed by atoms with Gasteiger partial charge in [-0.3, -0.25) is 0 Å². The van der Waals surface area contributed by atoms with E-state index in [4.69, 9.17) is 0 Å². The van der Waals surface area contributed by atoms with Crippen LogP contribution in [0.3, 0.4) is 0 Å². The molecule has 1 unspecified atom stereocenters. The first kappa shape index (κ1) is 12.3. The van der Waals surface area contributed by atoms with E-state index < -0.39 is 0 Å². The monoisotopic (exact) mass is 266 g/mol. The Bertz CT molecular complexity index is 648. The van der Waals surface area contributed by atoms with Crippen LogP contribution in [0.5, 0.6) is 0 Å². The number of anilines is 1. The lowest BCUT2D eigenvalue weighted by atomic mass is 10.1. The molecule has 0 spiro atoms. The zero-order valence-corrected chi connectivity index (χ0v) is 11.0. The van der Waals surface area contributed by atoms with Crippen molar-refractivity contribution in [2.75, 3.05) is 5.32 Å². The van der Waals surface area contributed by atoms with E-state index >= 15 is 0 Å². The van der Waals surface area contributed by atoms with Crippen LogP contribution in [-0.4, -0.2) is 24.7 Å². The minimum Gasteiger partial charge on any atom is -0.348 e. The van der Waals surface area contributed by atoms with E-state index in [1.165, 1.54) is 6.33 Å². The highest BCUT2D eigenvalue weighted by Crippen LogP contribution is 2.18. The van der Waals surface area contributed by atoms with Crippen molar-refractivity contribution in [2.45, 2.75) is 13.0 Å². The van der Waals surface area contributed by atoms with E-state index in [0.717, 1.165) is 11.3 Å². The summed E-state index contributed by atoms with van der Waals surface area (Å²) < 4.78 is 1.72. The smallest absolute Gasteiger partial charge is 0.223 e. The number of aromatic nitrogens is 5. The van der Waals surface area contributed by atoms with Gasteiger partial charge in [0, 0.05) is 12.4 Å². The van der Waals surface area contributed by atoms with Crippen LogP contribution in [0.25, 0.3) is 5.69 Å². The van der Waals surface area contributed by atoms with Gasteiger partial charge in [-0.15, -0.1) is 0 Å². The number of hydrogen-bond donors (Lipinski definition) is 1. The summed E-state index contributed by atoms with van der Waals surface area (Å²) in [5, 5.41) is 7.35. The Morgan fingerprint density at radius 1 is 1.10 bits per heavy atom. The summed E-state index contributed by atoms with van der Waals surface area (Å²) in [5.41, 5.74) is 2.13. The molecule has 3 aromatic rings. The molecule has 2 aromatic heterocycles. The largest absolute Gasteiger partial charge is 0.348 e. The Morgan fingerprint density at radius 3 is 2.50 bits per heavy atom. The van der Waals surface area contributed by atoms with Crippen molar-refractivity contribution in [1.82, 2.24) is 24.7 Å². The van der Waals surface area contributed by atoms with E-state index in [9.17, 15) is 0 Å². The van der Waals surface area contributed by atoms with Gasteiger partial charge < -0.3 is 5.32 Å². The third kappa shape index (κ3) is 2.64. The molecular weight excluding hydrogens is 252 g/mol. The summed E-state index contributed by atoms with van der Waals surface area (Å²) in [6.07, 6.45) is 6.63. The quantitative estimate of drug-likeness (QED) is 0.784. The van der Waals surface area contributed by atoms with Crippen molar-refractivity contribution in [1.29, 1.82) is 0 Å². The zero-order valence-electron chi connectivity index (χ0n) is 11.0. The molecule has 1 N–H and O–H groups in total. The number of rotatable bonds is 4. The molecule has 0 fully saturated rings. The van der Waals surface area contributed by atoms with Crippen molar-refractivity contribution in [3.63, 3.8) is 0 Å². The fourth-order valence-electron chi connectivity index (χ4n) is 1.91. The van der Waals surface area contributed by atoms with Gasteiger partial charge in [0.2, 0.25) is 5.95 Å². The molecule has 0 saturated carbocycles. The molecule has 3 rings (SSSR count). The Morgan fingerprint density at radius 2 is 1.85 bits per heavy atom. The van der Waals surface area contributed by atoms with Crippen molar-refractivity contribution < 1.29 is 0 Å². The van der Waals surface area contributed by atoms with Crippen molar-refractivity contribution in [3.8, 4) is 5.69 Å². The summed E-state index contributed by atoms with van der Waals surface area (Å²) in [6.45, 7) is 2.07. The molecule has 0 amide bonds. The predicted octanol–water partition coefficient (Wildman–Crippen LogP) is 2.23. The molecule has 6 nitrogen and oxygen atoms in total. The first-order valence-electron chi connectivity index (χ1n) is 6.31. The SMILES string of the molecule is CC(Nc1ncccn1)c1ccc(-n2cncn2)cc1. The van der Waals surface area contributed by atoms with Crippen LogP contribution in [0.4, 0.5) is 5.95 Å². The van der Waals surface area contributed by atoms with E-state index in [0.29, 0.717) is 5.95 Å². The Balaban J connectivity index is 1.74. The van der Waals surface area contributed by atoms with E-state index in [2.05, 4.69) is 44.4 Å². The lowest BCUT2D eigenvalue weighted by Gasteiger charge is -2.14. The molecule has 1 aromatic carbocycles. The summed E-state index contributed by atoms with van der Waals surface area (Å²) in [7, 11) is 0. The lowest BCUT2D eigenvalue weighted by molar-refractivity contribution is 0.850. The second kappa shape index (κ2) is 5.48. The van der Waals surface area contributed by atoms with E-state index in [1.54, 1.807) is 29.5 Å². The highest BCUT2D eigenvalue weighted by molar-refractivity contribution is 5.37. The summed E-state index contributed by atoms with van der Waals surface area (Å²) in [4.78, 5) is 12.3. The number of nitrogens with zero attached hydrogens (tertiary/aromatic N) is 5. The zero-order chi connectivity index (χ0) is 13.8. The van der Waals surface area contributed by atoms with Crippen LogP contribution < -0.4 is 5.32 Å². The van der Waals surface area contributed by atoms with E-state index in [-0.39, 0.29) is 6.04 Å². The molecule has 0 aliphatic rings. The molecule has 2 heterocycles. The third-order valence-corrected chi connectivity index (χ3v) is 2.99. The average Bonchev–Trinajstić information content (AvgIpc) is 3.03. The van der Waals surface area contributed by atoms with Gasteiger partial charge in [0.15, 0.2) is 0 Å². The van der Waals surface area contributed by atoms with Crippen LogP contribution in [0.15, 0.2) is 55.4 Å². The summed E-state index contributed by atoms with van der Waals surface area (Å²) in [5.74, 6) is 0.625. The second-order valence-electron chi connectivity index (χ2n) is 4.37. The minimum absolute atomic E-state index is 0.127. The first-order valence-corrected chi connectivity index (χ1v) is 6.31. The van der Waals surface area contributed by atoms with Crippen LogP contribution >= 0.6 is 0 Å². The highest BCUT2D eigenvalue weighted by Gasteiger charge is 2.07. The van der Waals surface area contributed by atoms with Crippen molar-refractivity contribution >= 4 is 5.95 Å². The average molecular weight is 266 g/mol. The maximum Gasteiger partial charge on any atom is 0.223 e. The molecule has 100 valence electrons. The molecule has 20 heavy (non-hydrogen) atoms. The van der Waals surface area contributed by atoms with Gasteiger partial charge in [-0.1, -0.05) is 12.1 Å². The van der Waals surface area contributed by atoms with Crippen molar-refractivity contribution in [2.24, 2.45) is 0 Å². The molecular formula is C14H14N6. The Kier molecular flexibility index (Phi) is 3.36. The third-order valence-electron chi connectivity index (χ3n) is 2.99. The van der Waals surface area contributed by atoms with Gasteiger partial charge in [-0.2, -0.15) is 5.10 Å². The van der Waals surface area contributed by atoms with Gasteiger partial charge >= 0.3 is 0 Å². The van der Waals surface area contributed by atoms with Gasteiger partial charge in [0.1, 0.15) is 12.7 Å². The van der Waals surface area contributed by atoms with Gasteiger partial charge in [-0.25, -0.2) is 19.6 Å². The van der Waals surface area contributed by atoms with Crippen LogP contribution in [-0.2, 0) is 0 Å². The van der Waals surface area contributed by atoms with Crippen LogP contribution in [0.1, 0.15) is 18.5 Å². The fourth-order valence-corrected chi connectivity index (χ4v) is 1.91. The molecule has 0 radical (unpaired) electrons. The van der Waals surface area contributed by atoms with E-state index in [1.807, 2.05) is 12.1 Å². The van der Waals surface area contributed by atoms with Gasteiger partial charge in [0.25, 0.3) is 0 Å². The summed E-state index contributed by atoms with van der Waals surface area (Å²) >= 11 is 0. The van der Waals surface area contributed by atoms with Crippen molar-refractivity contribution in [3.05, 3.63) is 60.9 Å². The number of nitrogens with one attached hydrogen (secondary N) is 1. The minimum atomic E-state index is 0.127. The van der Waals surface area contributed by atoms with Crippen LogP contribution in [0, 0.1) is 0 Å². The molecule has 0 bridgehead atoms. The first-order chi connectivity index (χ1) is 9.83. The molecule has 6 heteroatoms. The fraction of sp³-hybridized carbons (Fsp3) is 0.143. The number of benzene rings is 1. The van der Waals surface area contributed by atoms with Gasteiger partial charge in [0.05, 0.1) is 11.7 Å².